The second-order valence-electron chi connectivity index (χ2n) is 5.40. The molecule has 19 heavy (non-hydrogen) atoms. The van der Waals surface area contributed by atoms with E-state index < -0.39 is 0 Å². The largest absolute Gasteiger partial charge is 0.497 e. The molecule has 0 radical (unpaired) electrons. The van der Waals surface area contributed by atoms with Gasteiger partial charge < -0.3 is 9.72 Å². The number of rotatable bonds is 3. The summed E-state index contributed by atoms with van der Waals surface area (Å²) in [5.41, 5.74) is 3.55. The van der Waals surface area contributed by atoms with Gasteiger partial charge in [-0.3, -0.25) is 4.79 Å². The van der Waals surface area contributed by atoms with Crippen molar-refractivity contribution in [3.8, 4) is 5.75 Å². The predicted molar refractivity (Wildman–Crippen MR) is 75.6 cm³/mol. The number of ketones is 1. The van der Waals surface area contributed by atoms with Gasteiger partial charge in [0.2, 0.25) is 0 Å². The summed E-state index contributed by atoms with van der Waals surface area (Å²) in [7, 11) is 1.68. The van der Waals surface area contributed by atoms with Gasteiger partial charge in [0, 0.05) is 35.0 Å². The van der Waals surface area contributed by atoms with Gasteiger partial charge in [-0.2, -0.15) is 0 Å². The Morgan fingerprint density at radius 1 is 1.42 bits per heavy atom. The van der Waals surface area contributed by atoms with Crippen LogP contribution in [0.3, 0.4) is 0 Å². The fourth-order valence-electron chi connectivity index (χ4n) is 3.11. The summed E-state index contributed by atoms with van der Waals surface area (Å²) in [6.07, 6.45) is 3.73. The molecule has 1 aliphatic carbocycles. The van der Waals surface area contributed by atoms with Crippen molar-refractivity contribution >= 4 is 16.7 Å². The maximum absolute atomic E-state index is 11.8. The lowest BCUT2D eigenvalue weighted by molar-refractivity contribution is -0.120. The standard InChI is InChI=1S/C16H19NO2/c1-10-14(8-11-4-3-5-16(11)18)13-7-6-12(19-2)9-15(13)17-10/h6-7,9,11,17H,3-5,8H2,1-2H3. The van der Waals surface area contributed by atoms with Crippen LogP contribution in [0.1, 0.15) is 30.5 Å². The number of carbonyl (C=O) groups excluding carboxylic acids is 1. The Morgan fingerprint density at radius 3 is 2.95 bits per heavy atom. The van der Waals surface area contributed by atoms with Crippen molar-refractivity contribution in [2.45, 2.75) is 32.6 Å². The molecule has 3 rings (SSSR count). The minimum atomic E-state index is 0.222. The van der Waals surface area contributed by atoms with Crippen molar-refractivity contribution in [1.82, 2.24) is 4.98 Å². The van der Waals surface area contributed by atoms with Gasteiger partial charge in [0.25, 0.3) is 0 Å². The van der Waals surface area contributed by atoms with E-state index in [9.17, 15) is 4.79 Å². The lowest BCUT2D eigenvalue weighted by Crippen LogP contribution is -2.09. The Labute approximate surface area is 113 Å². The third kappa shape index (κ3) is 2.14. The molecule has 1 aromatic carbocycles. The van der Waals surface area contributed by atoms with Crippen LogP contribution in [-0.2, 0) is 11.2 Å². The van der Waals surface area contributed by atoms with Crippen molar-refractivity contribution in [3.63, 3.8) is 0 Å². The first-order valence-electron chi connectivity index (χ1n) is 6.87. The Bertz CT molecular complexity index is 627. The van der Waals surface area contributed by atoms with E-state index in [4.69, 9.17) is 4.74 Å². The van der Waals surface area contributed by atoms with Crippen LogP contribution in [0.5, 0.6) is 5.75 Å². The first-order valence-corrected chi connectivity index (χ1v) is 6.87. The zero-order chi connectivity index (χ0) is 13.4. The van der Waals surface area contributed by atoms with Crippen LogP contribution in [0.15, 0.2) is 18.2 Å². The number of nitrogens with one attached hydrogen (secondary N) is 1. The minimum absolute atomic E-state index is 0.222. The summed E-state index contributed by atoms with van der Waals surface area (Å²) in [6.45, 7) is 2.08. The second-order valence-corrected chi connectivity index (χ2v) is 5.40. The van der Waals surface area contributed by atoms with Crippen LogP contribution in [0.2, 0.25) is 0 Å². The summed E-state index contributed by atoms with van der Waals surface area (Å²) in [5.74, 6) is 1.51. The van der Waals surface area contributed by atoms with Gasteiger partial charge in [0.15, 0.2) is 0 Å². The SMILES string of the molecule is COc1ccc2c(CC3CCCC3=O)c(C)[nH]c2c1. The summed E-state index contributed by atoms with van der Waals surface area (Å²) in [5, 5.41) is 1.22. The van der Waals surface area contributed by atoms with Crippen LogP contribution >= 0.6 is 0 Å². The zero-order valence-electron chi connectivity index (χ0n) is 11.5. The molecule has 0 bridgehead atoms. The molecule has 1 unspecified atom stereocenters. The number of fused-ring (bicyclic) bond motifs is 1. The third-order valence-corrected chi connectivity index (χ3v) is 4.21. The monoisotopic (exact) mass is 257 g/mol. The number of aromatic amines is 1. The van der Waals surface area contributed by atoms with Gasteiger partial charge >= 0.3 is 0 Å². The van der Waals surface area contributed by atoms with Crippen molar-refractivity contribution in [2.24, 2.45) is 5.92 Å². The van der Waals surface area contributed by atoms with Crippen molar-refractivity contribution in [2.75, 3.05) is 7.11 Å². The number of aryl methyl sites for hydroxylation is 1. The number of benzene rings is 1. The lowest BCUT2D eigenvalue weighted by Gasteiger charge is -2.08. The van der Waals surface area contributed by atoms with E-state index in [0.29, 0.717) is 5.78 Å². The molecule has 3 nitrogen and oxygen atoms in total. The second kappa shape index (κ2) is 4.72. The Kier molecular flexibility index (Phi) is 3.05. The first-order chi connectivity index (χ1) is 9.19. The fraction of sp³-hybridized carbons (Fsp3) is 0.438. The number of ether oxygens (including phenoxy) is 1. The van der Waals surface area contributed by atoms with Crippen LogP contribution in [0, 0.1) is 12.8 Å². The van der Waals surface area contributed by atoms with Crippen LogP contribution in [0.25, 0.3) is 10.9 Å². The molecule has 1 aliphatic rings. The highest BCUT2D eigenvalue weighted by molar-refractivity contribution is 5.88. The normalized spacial score (nSPS) is 19.3. The van der Waals surface area contributed by atoms with Gasteiger partial charge in [-0.05, 0) is 43.9 Å². The summed E-state index contributed by atoms with van der Waals surface area (Å²) in [4.78, 5) is 15.2. The van der Waals surface area contributed by atoms with Crippen molar-refractivity contribution in [1.29, 1.82) is 0 Å². The van der Waals surface area contributed by atoms with E-state index in [1.807, 2.05) is 12.1 Å². The maximum atomic E-state index is 11.8. The molecular formula is C16H19NO2. The molecule has 2 aromatic rings. The number of methoxy groups -OCH3 is 1. The van der Waals surface area contributed by atoms with Gasteiger partial charge in [0.1, 0.15) is 11.5 Å². The number of hydrogen-bond donors (Lipinski definition) is 1. The Morgan fingerprint density at radius 2 is 2.26 bits per heavy atom. The first kappa shape index (κ1) is 12.3. The molecule has 0 amide bonds. The number of hydrogen-bond acceptors (Lipinski definition) is 2. The number of carbonyl (C=O) groups is 1. The Balaban J connectivity index is 1.98. The summed E-state index contributed by atoms with van der Waals surface area (Å²) >= 11 is 0. The highest BCUT2D eigenvalue weighted by atomic mass is 16.5. The molecule has 1 aromatic heterocycles. The van der Waals surface area contributed by atoms with Gasteiger partial charge in [0.05, 0.1) is 7.11 Å². The highest BCUT2D eigenvalue weighted by Gasteiger charge is 2.26. The molecule has 1 N–H and O–H groups in total. The molecule has 0 aliphatic heterocycles. The molecule has 0 saturated heterocycles. The molecule has 1 fully saturated rings. The minimum Gasteiger partial charge on any atom is -0.497 e. The molecule has 1 heterocycles. The predicted octanol–water partition coefficient (Wildman–Crippen LogP) is 3.40. The lowest BCUT2D eigenvalue weighted by atomic mass is 9.95. The summed E-state index contributed by atoms with van der Waals surface area (Å²) in [6, 6.07) is 6.09. The highest BCUT2D eigenvalue weighted by Crippen LogP contribution is 2.31. The smallest absolute Gasteiger partial charge is 0.136 e. The molecular weight excluding hydrogens is 238 g/mol. The average Bonchev–Trinajstić information content (AvgIpc) is 2.94. The fourth-order valence-corrected chi connectivity index (χ4v) is 3.11. The zero-order valence-corrected chi connectivity index (χ0v) is 11.5. The van der Waals surface area contributed by atoms with Gasteiger partial charge in [-0.25, -0.2) is 0 Å². The third-order valence-electron chi connectivity index (χ3n) is 4.21. The van der Waals surface area contributed by atoms with Crippen LogP contribution in [-0.4, -0.2) is 17.9 Å². The van der Waals surface area contributed by atoms with Crippen LogP contribution < -0.4 is 4.74 Å². The van der Waals surface area contributed by atoms with E-state index in [-0.39, 0.29) is 5.92 Å². The molecule has 1 saturated carbocycles. The molecule has 0 spiro atoms. The molecule has 1 atom stereocenters. The van der Waals surface area contributed by atoms with Crippen molar-refractivity contribution in [3.05, 3.63) is 29.5 Å². The van der Waals surface area contributed by atoms with E-state index >= 15 is 0 Å². The number of Topliss-reactive ketones (excluding diaryl/α,β-unsaturated/α-hetero) is 1. The number of H-pyrrole nitrogens is 1. The summed E-state index contributed by atoms with van der Waals surface area (Å²) < 4.78 is 5.25. The van der Waals surface area contributed by atoms with Crippen molar-refractivity contribution < 1.29 is 9.53 Å². The quantitative estimate of drug-likeness (QED) is 0.915. The molecule has 100 valence electrons. The topological polar surface area (TPSA) is 42.1 Å². The maximum Gasteiger partial charge on any atom is 0.136 e. The molecule has 3 heteroatoms. The van der Waals surface area contributed by atoms with Gasteiger partial charge in [-0.15, -0.1) is 0 Å². The van der Waals surface area contributed by atoms with E-state index in [1.165, 1.54) is 16.6 Å². The van der Waals surface area contributed by atoms with E-state index in [2.05, 4.69) is 18.0 Å². The number of aromatic nitrogens is 1. The van der Waals surface area contributed by atoms with Gasteiger partial charge in [-0.1, -0.05) is 0 Å². The van der Waals surface area contributed by atoms with E-state index in [1.54, 1.807) is 7.11 Å². The van der Waals surface area contributed by atoms with Crippen LogP contribution in [0.4, 0.5) is 0 Å². The van der Waals surface area contributed by atoms with E-state index in [0.717, 1.165) is 36.9 Å². The average molecular weight is 257 g/mol. The Hall–Kier alpha value is -1.77.